The summed E-state index contributed by atoms with van der Waals surface area (Å²) in [5, 5.41) is -0.700. The Kier molecular flexibility index (Phi) is 6.76. The van der Waals surface area contributed by atoms with Crippen LogP contribution in [0, 0.1) is 0 Å². The van der Waals surface area contributed by atoms with E-state index >= 15 is 0 Å². The van der Waals surface area contributed by atoms with E-state index in [1.54, 1.807) is 0 Å². The van der Waals surface area contributed by atoms with Crippen LogP contribution >= 0.6 is 11.6 Å². The normalized spacial score (nSPS) is 12.4. The molecule has 0 aromatic heterocycles. The van der Waals surface area contributed by atoms with Crippen LogP contribution in [0.2, 0.25) is 0 Å². The topological polar surface area (TPSA) is 20.3 Å². The lowest BCUT2D eigenvalue weighted by Crippen LogP contribution is -2.32. The maximum atomic E-state index is 13.3. The molecule has 29 heavy (non-hydrogen) atoms. The van der Waals surface area contributed by atoms with E-state index in [9.17, 15) is 4.79 Å². The Hall–Kier alpha value is -2.58. The molecule has 3 heteroatoms. The van der Waals surface area contributed by atoms with E-state index in [-0.39, 0.29) is 11.3 Å². The highest BCUT2D eigenvalue weighted by Crippen LogP contribution is 2.26. The van der Waals surface area contributed by atoms with Crippen LogP contribution in [0.3, 0.4) is 0 Å². The monoisotopic (exact) mass is 405 g/mol. The van der Waals surface area contributed by atoms with Crippen LogP contribution < -0.4 is 0 Å². The number of alkyl halides is 1. The van der Waals surface area contributed by atoms with Gasteiger partial charge in [-0.15, -0.1) is 11.6 Å². The molecule has 0 aliphatic carbocycles. The molecule has 0 N–H and O–H groups in total. The smallest absolute Gasteiger partial charge is 0.245 e. The number of amides is 1. The number of hydrogen-bond acceptors (Lipinski definition) is 1. The van der Waals surface area contributed by atoms with E-state index in [4.69, 9.17) is 11.6 Å². The van der Waals surface area contributed by atoms with Crippen molar-refractivity contribution in [2.75, 3.05) is 0 Å². The molecule has 0 fully saturated rings. The molecular formula is C26H28ClNO. The standard InChI is InChI=1S/C26H28ClNO/c1-26(2,3)23-16-14-21(15-17-23)19-28(18-20-10-6-4-7-11-20)25(29)24(27)22-12-8-5-9-13-22/h4-17,24H,18-19H2,1-3H3. The molecule has 3 aromatic rings. The molecule has 0 saturated carbocycles. The predicted octanol–water partition coefficient (Wildman–Crippen LogP) is 6.49. The van der Waals surface area contributed by atoms with Crippen molar-refractivity contribution < 1.29 is 4.79 Å². The molecule has 0 aliphatic rings. The van der Waals surface area contributed by atoms with Crippen LogP contribution in [0.1, 0.15) is 48.4 Å². The molecule has 0 bridgehead atoms. The number of hydrogen-bond donors (Lipinski definition) is 0. The second-order valence-electron chi connectivity index (χ2n) is 8.40. The van der Waals surface area contributed by atoms with E-state index in [2.05, 4.69) is 45.0 Å². The Labute approximate surface area is 179 Å². The van der Waals surface area contributed by atoms with E-state index in [0.717, 1.165) is 16.7 Å². The molecule has 1 atom stereocenters. The lowest BCUT2D eigenvalue weighted by molar-refractivity contribution is -0.132. The molecule has 0 aliphatic heterocycles. The van der Waals surface area contributed by atoms with Crippen molar-refractivity contribution in [2.24, 2.45) is 0 Å². The highest BCUT2D eigenvalue weighted by molar-refractivity contribution is 6.30. The Morgan fingerprint density at radius 2 is 1.28 bits per heavy atom. The summed E-state index contributed by atoms with van der Waals surface area (Å²) in [6.45, 7) is 7.65. The molecule has 1 unspecified atom stereocenters. The molecule has 150 valence electrons. The van der Waals surface area contributed by atoms with Crippen molar-refractivity contribution >= 4 is 17.5 Å². The second kappa shape index (κ2) is 9.28. The zero-order valence-electron chi connectivity index (χ0n) is 17.3. The largest absolute Gasteiger partial charge is 0.332 e. The number of rotatable bonds is 6. The Bertz CT molecular complexity index is 914. The first kappa shape index (κ1) is 21.1. The first-order chi connectivity index (χ1) is 13.8. The van der Waals surface area contributed by atoms with Crippen LogP contribution in [0.5, 0.6) is 0 Å². The zero-order valence-corrected chi connectivity index (χ0v) is 18.1. The summed E-state index contributed by atoms with van der Waals surface area (Å²) in [5.41, 5.74) is 4.39. The summed E-state index contributed by atoms with van der Waals surface area (Å²) in [4.78, 5) is 15.1. The molecule has 0 radical (unpaired) electrons. The van der Waals surface area contributed by atoms with E-state index in [0.29, 0.717) is 13.1 Å². The SMILES string of the molecule is CC(C)(C)c1ccc(CN(Cc2ccccc2)C(=O)C(Cl)c2ccccc2)cc1. The van der Waals surface area contributed by atoms with Crippen LogP contribution in [0.15, 0.2) is 84.9 Å². The lowest BCUT2D eigenvalue weighted by atomic mass is 9.87. The molecule has 3 rings (SSSR count). The predicted molar refractivity (Wildman–Crippen MR) is 121 cm³/mol. The molecular weight excluding hydrogens is 378 g/mol. The average molecular weight is 406 g/mol. The number of halogens is 1. The Morgan fingerprint density at radius 3 is 1.79 bits per heavy atom. The van der Waals surface area contributed by atoms with Crippen LogP contribution in [-0.2, 0) is 23.3 Å². The van der Waals surface area contributed by atoms with Gasteiger partial charge in [-0.25, -0.2) is 0 Å². The minimum atomic E-state index is -0.700. The second-order valence-corrected chi connectivity index (χ2v) is 8.84. The highest BCUT2D eigenvalue weighted by Gasteiger charge is 2.24. The van der Waals surface area contributed by atoms with Gasteiger partial charge in [-0.05, 0) is 27.7 Å². The fourth-order valence-corrected chi connectivity index (χ4v) is 3.55. The van der Waals surface area contributed by atoms with E-state index in [1.165, 1.54) is 5.56 Å². The molecule has 1 amide bonds. The Morgan fingerprint density at radius 1 is 0.793 bits per heavy atom. The van der Waals surface area contributed by atoms with Gasteiger partial charge < -0.3 is 4.90 Å². The number of benzene rings is 3. The minimum absolute atomic E-state index is 0.0818. The fourth-order valence-electron chi connectivity index (χ4n) is 3.27. The van der Waals surface area contributed by atoms with Crippen molar-refractivity contribution in [1.29, 1.82) is 0 Å². The maximum Gasteiger partial charge on any atom is 0.245 e. The van der Waals surface area contributed by atoms with E-state index < -0.39 is 5.38 Å². The van der Waals surface area contributed by atoms with Gasteiger partial charge in [0.25, 0.3) is 0 Å². The summed E-state index contributed by atoms with van der Waals surface area (Å²) in [6.07, 6.45) is 0. The van der Waals surface area contributed by atoms with Gasteiger partial charge in [0.2, 0.25) is 5.91 Å². The number of carbonyl (C=O) groups is 1. The molecule has 0 heterocycles. The van der Waals surface area contributed by atoms with E-state index in [1.807, 2.05) is 65.6 Å². The summed E-state index contributed by atoms with van der Waals surface area (Å²) >= 11 is 6.58. The van der Waals surface area contributed by atoms with Crippen molar-refractivity contribution in [2.45, 2.75) is 44.7 Å². The quantitative estimate of drug-likeness (QED) is 0.429. The number of carbonyl (C=O) groups excluding carboxylic acids is 1. The maximum absolute atomic E-state index is 13.3. The first-order valence-electron chi connectivity index (χ1n) is 9.96. The van der Waals surface area contributed by atoms with Crippen LogP contribution in [0.25, 0.3) is 0 Å². The van der Waals surface area contributed by atoms with Gasteiger partial charge in [0, 0.05) is 13.1 Å². The van der Waals surface area contributed by atoms with Gasteiger partial charge in [-0.1, -0.05) is 106 Å². The molecule has 0 saturated heterocycles. The summed E-state index contributed by atoms with van der Waals surface area (Å²) in [7, 11) is 0. The third-order valence-corrected chi connectivity index (χ3v) is 5.47. The van der Waals surface area contributed by atoms with Gasteiger partial charge in [0.05, 0.1) is 0 Å². The Balaban J connectivity index is 1.83. The van der Waals surface area contributed by atoms with Crippen molar-refractivity contribution in [3.63, 3.8) is 0 Å². The highest BCUT2D eigenvalue weighted by atomic mass is 35.5. The summed E-state index contributed by atoms with van der Waals surface area (Å²) in [5.74, 6) is -0.0818. The third-order valence-electron chi connectivity index (χ3n) is 5.03. The summed E-state index contributed by atoms with van der Waals surface area (Å²) in [6, 6.07) is 28.1. The van der Waals surface area contributed by atoms with Gasteiger partial charge in [0.1, 0.15) is 5.38 Å². The van der Waals surface area contributed by atoms with Crippen molar-refractivity contribution in [1.82, 2.24) is 4.90 Å². The number of nitrogens with zero attached hydrogens (tertiary/aromatic N) is 1. The van der Waals surface area contributed by atoms with Crippen LogP contribution in [-0.4, -0.2) is 10.8 Å². The molecule has 2 nitrogen and oxygen atoms in total. The third kappa shape index (κ3) is 5.71. The molecule has 3 aromatic carbocycles. The van der Waals surface area contributed by atoms with Crippen LogP contribution in [0.4, 0.5) is 0 Å². The van der Waals surface area contributed by atoms with Gasteiger partial charge in [-0.3, -0.25) is 4.79 Å². The van der Waals surface area contributed by atoms with Crippen molar-refractivity contribution in [3.05, 3.63) is 107 Å². The van der Waals surface area contributed by atoms with Gasteiger partial charge >= 0.3 is 0 Å². The van der Waals surface area contributed by atoms with Crippen molar-refractivity contribution in [3.8, 4) is 0 Å². The molecule has 0 spiro atoms. The average Bonchev–Trinajstić information content (AvgIpc) is 2.73. The lowest BCUT2D eigenvalue weighted by Gasteiger charge is -2.26. The fraction of sp³-hybridized carbons (Fsp3) is 0.269. The van der Waals surface area contributed by atoms with Gasteiger partial charge in [0.15, 0.2) is 0 Å². The van der Waals surface area contributed by atoms with Gasteiger partial charge in [-0.2, -0.15) is 0 Å². The summed E-state index contributed by atoms with van der Waals surface area (Å²) < 4.78 is 0. The zero-order chi connectivity index (χ0) is 20.9. The minimum Gasteiger partial charge on any atom is -0.332 e. The first-order valence-corrected chi connectivity index (χ1v) is 10.4.